The topological polar surface area (TPSA) is 25.8 Å². The van der Waals surface area contributed by atoms with E-state index in [1.54, 1.807) is 11.3 Å². The zero-order valence-corrected chi connectivity index (χ0v) is 30.6. The van der Waals surface area contributed by atoms with Crippen LogP contribution in [0.2, 0.25) is 0 Å². The summed E-state index contributed by atoms with van der Waals surface area (Å²) in [5, 5.41) is 8.75. The van der Waals surface area contributed by atoms with Crippen LogP contribution in [0.1, 0.15) is 0 Å². The van der Waals surface area contributed by atoms with Gasteiger partial charge in [0, 0.05) is 21.2 Å². The molecule has 256 valence electrons. The largest absolute Gasteiger partial charge is 0.226 e. The van der Waals surface area contributed by atoms with Gasteiger partial charge < -0.3 is 0 Å². The third-order valence-electron chi connectivity index (χ3n) is 10.8. The Hall–Kier alpha value is -6.94. The van der Waals surface area contributed by atoms with Crippen molar-refractivity contribution < 1.29 is 0 Å². The molecule has 0 spiro atoms. The number of nitrogens with zero attached hydrogens (tertiary/aromatic N) is 2. The number of benzene rings is 9. The van der Waals surface area contributed by atoms with Gasteiger partial charge in [0.1, 0.15) is 0 Å². The lowest BCUT2D eigenvalue weighted by Crippen LogP contribution is -1.95. The van der Waals surface area contributed by atoms with Gasteiger partial charge >= 0.3 is 0 Å². The number of aromatic nitrogens is 2. The first-order valence-corrected chi connectivity index (χ1v) is 19.5. The van der Waals surface area contributed by atoms with Crippen molar-refractivity contribution in [3.63, 3.8) is 0 Å². The molecule has 0 saturated heterocycles. The Morgan fingerprint density at radius 1 is 0.291 bits per heavy atom. The highest BCUT2D eigenvalue weighted by atomic mass is 32.1. The van der Waals surface area contributed by atoms with Crippen LogP contribution in [0.15, 0.2) is 194 Å². The van der Waals surface area contributed by atoms with Crippen molar-refractivity contribution in [2.75, 3.05) is 0 Å². The SMILES string of the molecule is c1ccc(-c2cccc(-c3cc(-c4ccc5c6ccccc6c6ccccc6c5c4)cc(-c4nc(-c5ccccc5)c5sc6ccccc6c5n4)c3)c2)cc1. The zero-order valence-electron chi connectivity index (χ0n) is 29.8. The lowest BCUT2D eigenvalue weighted by atomic mass is 9.90. The molecule has 0 unspecified atom stereocenters. The van der Waals surface area contributed by atoms with Crippen LogP contribution in [0, 0.1) is 0 Å². The lowest BCUT2D eigenvalue weighted by Gasteiger charge is -2.15. The predicted octanol–water partition coefficient (Wildman–Crippen LogP) is 14.6. The molecular weight excluding hydrogens is 685 g/mol. The molecule has 55 heavy (non-hydrogen) atoms. The number of thiophene rings is 1. The number of rotatable bonds is 5. The van der Waals surface area contributed by atoms with Crippen LogP contribution >= 0.6 is 11.3 Å². The maximum absolute atomic E-state index is 5.40. The first-order chi connectivity index (χ1) is 27.2. The van der Waals surface area contributed by atoms with Gasteiger partial charge in [-0.2, -0.15) is 0 Å². The van der Waals surface area contributed by atoms with Crippen molar-refractivity contribution in [2.24, 2.45) is 0 Å². The van der Waals surface area contributed by atoms with Gasteiger partial charge in [0.15, 0.2) is 5.82 Å². The predicted molar refractivity (Wildman–Crippen MR) is 235 cm³/mol. The molecule has 9 aromatic carbocycles. The lowest BCUT2D eigenvalue weighted by molar-refractivity contribution is 1.24. The van der Waals surface area contributed by atoms with E-state index in [4.69, 9.17) is 9.97 Å². The van der Waals surface area contributed by atoms with Crippen molar-refractivity contribution in [3.05, 3.63) is 194 Å². The fraction of sp³-hybridized carbons (Fsp3) is 0. The Morgan fingerprint density at radius 2 is 0.764 bits per heavy atom. The Balaban J connectivity index is 1.18. The molecule has 2 aromatic heterocycles. The van der Waals surface area contributed by atoms with Crippen molar-refractivity contribution >= 4 is 64.0 Å². The number of hydrogen-bond donors (Lipinski definition) is 0. The summed E-state index contributed by atoms with van der Waals surface area (Å²) in [5.74, 6) is 0.717. The molecule has 0 amide bonds. The monoisotopic (exact) mass is 716 g/mol. The van der Waals surface area contributed by atoms with E-state index in [1.165, 1.54) is 48.1 Å². The van der Waals surface area contributed by atoms with E-state index in [0.717, 1.165) is 60.5 Å². The van der Waals surface area contributed by atoms with Crippen molar-refractivity contribution in [3.8, 4) is 56.0 Å². The van der Waals surface area contributed by atoms with E-state index < -0.39 is 0 Å². The van der Waals surface area contributed by atoms with Crippen LogP contribution in [-0.4, -0.2) is 9.97 Å². The highest BCUT2D eigenvalue weighted by molar-refractivity contribution is 7.26. The van der Waals surface area contributed by atoms with Gasteiger partial charge in [0.05, 0.1) is 15.9 Å². The normalized spacial score (nSPS) is 11.6. The second-order valence-corrected chi connectivity index (χ2v) is 15.2. The summed E-state index contributed by atoms with van der Waals surface area (Å²) in [6.45, 7) is 0. The van der Waals surface area contributed by atoms with Crippen molar-refractivity contribution in [1.29, 1.82) is 0 Å². The van der Waals surface area contributed by atoms with Crippen LogP contribution in [0.25, 0.3) is 109 Å². The molecule has 0 N–H and O–H groups in total. The average molecular weight is 717 g/mol. The van der Waals surface area contributed by atoms with Gasteiger partial charge in [0.2, 0.25) is 0 Å². The zero-order chi connectivity index (χ0) is 36.3. The maximum atomic E-state index is 5.40. The molecule has 0 atom stereocenters. The summed E-state index contributed by atoms with van der Waals surface area (Å²) in [5.41, 5.74) is 10.9. The Bertz CT molecular complexity index is 3220. The van der Waals surface area contributed by atoms with Gasteiger partial charge in [0.25, 0.3) is 0 Å². The molecule has 3 heteroatoms. The smallest absolute Gasteiger partial charge is 0.160 e. The highest BCUT2D eigenvalue weighted by Crippen LogP contribution is 2.42. The minimum atomic E-state index is 0.717. The third kappa shape index (κ3) is 5.40. The van der Waals surface area contributed by atoms with E-state index in [-0.39, 0.29) is 0 Å². The molecule has 0 fully saturated rings. The minimum Gasteiger partial charge on any atom is -0.226 e. The number of fused-ring (bicyclic) bond motifs is 9. The Morgan fingerprint density at radius 3 is 1.44 bits per heavy atom. The highest BCUT2D eigenvalue weighted by Gasteiger charge is 2.18. The molecule has 0 aliphatic heterocycles. The van der Waals surface area contributed by atoms with E-state index in [0.29, 0.717) is 0 Å². The van der Waals surface area contributed by atoms with Crippen molar-refractivity contribution in [1.82, 2.24) is 9.97 Å². The fourth-order valence-electron chi connectivity index (χ4n) is 8.20. The van der Waals surface area contributed by atoms with Crippen LogP contribution in [-0.2, 0) is 0 Å². The Labute approximate surface area is 322 Å². The second-order valence-electron chi connectivity index (χ2n) is 14.1. The fourth-order valence-corrected chi connectivity index (χ4v) is 9.35. The van der Waals surface area contributed by atoms with Crippen LogP contribution in [0.5, 0.6) is 0 Å². The first-order valence-electron chi connectivity index (χ1n) is 18.6. The second kappa shape index (κ2) is 12.9. The summed E-state index contributed by atoms with van der Waals surface area (Å²) >= 11 is 1.76. The summed E-state index contributed by atoms with van der Waals surface area (Å²) in [6, 6.07) is 69.9. The molecule has 0 bridgehead atoms. The van der Waals surface area contributed by atoms with Gasteiger partial charge in [-0.25, -0.2) is 9.97 Å². The summed E-state index contributed by atoms with van der Waals surface area (Å²) < 4.78 is 2.32. The van der Waals surface area contributed by atoms with E-state index in [2.05, 4.69) is 194 Å². The standard InChI is InChI=1S/C52H32N2S/c1-3-14-33(15-4-1)35-18-13-19-36(28-35)38-29-39(37-26-27-45-43-22-8-7-20-41(43)42-21-9-10-23-44(42)47(45)32-37)31-40(30-38)52-53-49(34-16-5-2-6-17-34)51-50(54-52)46-24-11-12-25-48(46)55-51/h1-32H. The summed E-state index contributed by atoms with van der Waals surface area (Å²) in [7, 11) is 0. The maximum Gasteiger partial charge on any atom is 0.160 e. The summed E-state index contributed by atoms with van der Waals surface area (Å²) in [4.78, 5) is 10.8. The van der Waals surface area contributed by atoms with E-state index in [9.17, 15) is 0 Å². The van der Waals surface area contributed by atoms with Gasteiger partial charge in [-0.3, -0.25) is 0 Å². The van der Waals surface area contributed by atoms with Crippen molar-refractivity contribution in [2.45, 2.75) is 0 Å². The Kier molecular flexibility index (Phi) is 7.39. The van der Waals surface area contributed by atoms with Gasteiger partial charge in [-0.1, -0.05) is 158 Å². The quantitative estimate of drug-likeness (QED) is 0.166. The van der Waals surface area contributed by atoms with E-state index >= 15 is 0 Å². The molecule has 0 saturated carbocycles. The molecule has 2 nitrogen and oxygen atoms in total. The number of hydrogen-bond acceptors (Lipinski definition) is 3. The summed E-state index contributed by atoms with van der Waals surface area (Å²) in [6.07, 6.45) is 0. The molecular formula is C52H32N2S. The minimum absolute atomic E-state index is 0.717. The molecule has 11 rings (SSSR count). The average Bonchev–Trinajstić information content (AvgIpc) is 3.65. The molecule has 2 heterocycles. The molecule has 11 aromatic rings. The van der Waals surface area contributed by atoms with Crippen LogP contribution in [0.3, 0.4) is 0 Å². The van der Waals surface area contributed by atoms with Crippen LogP contribution in [0.4, 0.5) is 0 Å². The molecule has 0 aliphatic carbocycles. The van der Waals surface area contributed by atoms with Gasteiger partial charge in [-0.15, -0.1) is 11.3 Å². The first kappa shape index (κ1) is 31.6. The molecule has 0 radical (unpaired) electrons. The molecule has 0 aliphatic rings. The van der Waals surface area contributed by atoms with Gasteiger partial charge in [-0.05, 0) is 102 Å². The third-order valence-corrected chi connectivity index (χ3v) is 12.0. The van der Waals surface area contributed by atoms with E-state index in [1.807, 2.05) is 0 Å². The van der Waals surface area contributed by atoms with Crippen LogP contribution < -0.4 is 0 Å².